The van der Waals surface area contributed by atoms with E-state index in [-0.39, 0.29) is 28.5 Å². The van der Waals surface area contributed by atoms with Crippen molar-refractivity contribution in [1.82, 2.24) is 20.2 Å². The number of nitrogens with zero attached hydrogens (tertiary/aromatic N) is 5. The van der Waals surface area contributed by atoms with Gasteiger partial charge in [0.05, 0.1) is 16.2 Å². The first-order valence-corrected chi connectivity index (χ1v) is 9.22. The van der Waals surface area contributed by atoms with Crippen molar-refractivity contribution in [2.24, 2.45) is 0 Å². The minimum atomic E-state index is -0.885. The number of carbonyl (C=O) groups is 3. The van der Waals surface area contributed by atoms with Crippen LogP contribution in [0, 0.1) is 10.1 Å². The third-order valence-electron chi connectivity index (χ3n) is 3.88. The van der Waals surface area contributed by atoms with E-state index in [9.17, 15) is 24.5 Å². The fraction of sp³-hybridized carbons (Fsp3) is 0.111. The van der Waals surface area contributed by atoms with Crippen LogP contribution >= 0.6 is 11.6 Å². The molecular weight excluding hydrogens is 446 g/mol. The van der Waals surface area contributed by atoms with Crippen LogP contribution in [0.4, 0.5) is 17.1 Å². The molecule has 2 amide bonds. The molecule has 14 heteroatoms. The quantitative estimate of drug-likeness (QED) is 0.288. The molecule has 0 aliphatic rings. The van der Waals surface area contributed by atoms with Gasteiger partial charge >= 0.3 is 5.97 Å². The summed E-state index contributed by atoms with van der Waals surface area (Å²) >= 11 is 5.73. The van der Waals surface area contributed by atoms with Crippen LogP contribution in [0.3, 0.4) is 0 Å². The highest BCUT2D eigenvalue weighted by atomic mass is 35.5. The first-order valence-electron chi connectivity index (χ1n) is 8.84. The number of hydrogen-bond donors (Lipinski definition) is 2. The summed E-state index contributed by atoms with van der Waals surface area (Å²) in [6.07, 6.45) is 1.25. The number of aromatic nitrogens is 4. The Bertz CT molecular complexity index is 1170. The van der Waals surface area contributed by atoms with Crippen molar-refractivity contribution in [2.75, 3.05) is 17.2 Å². The highest BCUT2D eigenvalue weighted by Gasteiger charge is 2.19. The van der Waals surface area contributed by atoms with Gasteiger partial charge in [-0.1, -0.05) is 23.7 Å². The molecule has 32 heavy (non-hydrogen) atoms. The fourth-order valence-corrected chi connectivity index (χ4v) is 2.68. The van der Waals surface area contributed by atoms with Crippen molar-refractivity contribution in [1.29, 1.82) is 0 Å². The van der Waals surface area contributed by atoms with Gasteiger partial charge in [0.25, 0.3) is 11.6 Å². The van der Waals surface area contributed by atoms with E-state index in [0.29, 0.717) is 0 Å². The SMILES string of the molecule is O=C(Cn1cnnn1)Nc1ccccc1C(=O)OCC(=O)Nc1ccc(Cl)cc1[N+](=O)[O-]. The molecule has 2 aromatic carbocycles. The Kier molecular flexibility index (Phi) is 7.02. The summed E-state index contributed by atoms with van der Waals surface area (Å²) in [5.74, 6) is -2.18. The van der Waals surface area contributed by atoms with Crippen molar-refractivity contribution in [3.05, 3.63) is 69.5 Å². The van der Waals surface area contributed by atoms with Gasteiger partial charge in [0, 0.05) is 11.1 Å². The van der Waals surface area contributed by atoms with E-state index < -0.39 is 35.0 Å². The molecule has 0 aliphatic carbocycles. The van der Waals surface area contributed by atoms with Crippen LogP contribution in [0.15, 0.2) is 48.8 Å². The van der Waals surface area contributed by atoms with E-state index in [4.69, 9.17) is 16.3 Å². The number of amides is 2. The van der Waals surface area contributed by atoms with Gasteiger partial charge in [-0.2, -0.15) is 0 Å². The maximum atomic E-state index is 12.4. The average Bonchev–Trinajstić information content (AvgIpc) is 3.26. The highest BCUT2D eigenvalue weighted by molar-refractivity contribution is 6.31. The van der Waals surface area contributed by atoms with E-state index in [2.05, 4.69) is 26.2 Å². The molecule has 13 nitrogen and oxygen atoms in total. The van der Waals surface area contributed by atoms with Crippen LogP contribution in [0.1, 0.15) is 10.4 Å². The monoisotopic (exact) mass is 459 g/mol. The van der Waals surface area contributed by atoms with Crippen LogP contribution in [0.25, 0.3) is 0 Å². The normalized spacial score (nSPS) is 10.3. The molecule has 0 bridgehead atoms. The van der Waals surface area contributed by atoms with Crippen LogP contribution in [0.5, 0.6) is 0 Å². The Morgan fingerprint density at radius 3 is 2.56 bits per heavy atom. The lowest BCUT2D eigenvalue weighted by Gasteiger charge is -2.11. The second kappa shape index (κ2) is 10.1. The molecule has 0 aliphatic heterocycles. The minimum absolute atomic E-state index is 0.00263. The van der Waals surface area contributed by atoms with Gasteiger partial charge in [0.15, 0.2) is 6.61 Å². The van der Waals surface area contributed by atoms with Crippen LogP contribution in [-0.2, 0) is 20.9 Å². The Morgan fingerprint density at radius 1 is 1.09 bits per heavy atom. The average molecular weight is 460 g/mol. The summed E-state index contributed by atoms with van der Waals surface area (Å²) in [6.45, 7) is -0.899. The van der Waals surface area contributed by atoms with E-state index in [1.54, 1.807) is 12.1 Å². The van der Waals surface area contributed by atoms with Gasteiger partial charge in [-0.3, -0.25) is 19.7 Å². The number of rotatable bonds is 8. The predicted molar refractivity (Wildman–Crippen MR) is 110 cm³/mol. The zero-order chi connectivity index (χ0) is 23.1. The van der Waals surface area contributed by atoms with Gasteiger partial charge in [0.1, 0.15) is 18.6 Å². The minimum Gasteiger partial charge on any atom is -0.452 e. The first kappa shape index (κ1) is 22.3. The largest absolute Gasteiger partial charge is 0.452 e. The van der Waals surface area contributed by atoms with Crippen molar-refractivity contribution in [3.8, 4) is 0 Å². The number of nitro benzene ring substituents is 1. The maximum Gasteiger partial charge on any atom is 0.340 e. The molecule has 0 unspecified atom stereocenters. The molecular formula is C18H14ClN7O6. The molecule has 0 radical (unpaired) electrons. The number of benzene rings is 2. The van der Waals surface area contributed by atoms with Crippen LogP contribution in [0.2, 0.25) is 5.02 Å². The third kappa shape index (κ3) is 5.82. The van der Waals surface area contributed by atoms with E-state index in [1.807, 2.05) is 0 Å². The van der Waals surface area contributed by atoms with Crippen molar-refractivity contribution < 1.29 is 24.0 Å². The summed E-state index contributed by atoms with van der Waals surface area (Å²) in [5.41, 5.74) is -0.351. The second-order valence-electron chi connectivity index (χ2n) is 6.14. The summed E-state index contributed by atoms with van der Waals surface area (Å²) < 4.78 is 6.17. The Balaban J connectivity index is 1.61. The standard InChI is InChI=1S/C18H14ClN7O6/c19-11-5-6-14(15(7-11)26(30)31)22-17(28)9-32-18(29)12-3-1-2-4-13(12)21-16(27)8-25-10-20-23-24-25/h1-7,10H,8-9H2,(H,21,27)(H,22,28). The molecule has 0 saturated heterocycles. The number of ether oxygens (including phenoxy) is 1. The van der Waals surface area contributed by atoms with Gasteiger partial charge in [-0.05, 0) is 34.7 Å². The second-order valence-corrected chi connectivity index (χ2v) is 6.58. The summed E-state index contributed by atoms with van der Waals surface area (Å²) in [4.78, 5) is 47.1. The number of nitro groups is 1. The number of anilines is 2. The lowest BCUT2D eigenvalue weighted by molar-refractivity contribution is -0.383. The molecule has 3 aromatic rings. The molecule has 0 saturated carbocycles. The third-order valence-corrected chi connectivity index (χ3v) is 4.12. The zero-order valence-corrected chi connectivity index (χ0v) is 16.9. The van der Waals surface area contributed by atoms with E-state index in [0.717, 1.165) is 6.07 Å². The molecule has 3 rings (SSSR count). The Hall–Kier alpha value is -4.39. The Labute approximate surface area is 184 Å². The predicted octanol–water partition coefficient (Wildman–Crippen LogP) is 1.67. The van der Waals surface area contributed by atoms with Gasteiger partial charge in [-0.15, -0.1) is 5.10 Å². The Morgan fingerprint density at radius 2 is 1.84 bits per heavy atom. The van der Waals surface area contributed by atoms with Crippen molar-refractivity contribution >= 4 is 46.4 Å². The number of halogens is 1. The van der Waals surface area contributed by atoms with Gasteiger partial charge in [0.2, 0.25) is 5.91 Å². The maximum absolute atomic E-state index is 12.4. The number of esters is 1. The molecule has 0 fully saturated rings. The van der Waals surface area contributed by atoms with Crippen LogP contribution < -0.4 is 10.6 Å². The summed E-state index contributed by atoms with van der Waals surface area (Å²) in [7, 11) is 0. The molecule has 1 heterocycles. The summed E-state index contributed by atoms with van der Waals surface area (Å²) in [6, 6.07) is 9.72. The lowest BCUT2D eigenvalue weighted by Crippen LogP contribution is -2.23. The molecule has 164 valence electrons. The highest BCUT2D eigenvalue weighted by Crippen LogP contribution is 2.27. The topological polar surface area (TPSA) is 171 Å². The van der Waals surface area contributed by atoms with Crippen LogP contribution in [-0.4, -0.2) is 49.5 Å². The number of carbonyl (C=O) groups excluding carboxylic acids is 3. The van der Waals surface area contributed by atoms with E-state index in [1.165, 1.54) is 35.3 Å². The molecule has 0 atom stereocenters. The molecule has 1 aromatic heterocycles. The molecule has 0 spiro atoms. The first-order chi connectivity index (χ1) is 15.3. The van der Waals surface area contributed by atoms with Gasteiger partial charge < -0.3 is 15.4 Å². The van der Waals surface area contributed by atoms with E-state index >= 15 is 0 Å². The van der Waals surface area contributed by atoms with Crippen molar-refractivity contribution in [2.45, 2.75) is 6.54 Å². The number of tetrazole rings is 1. The number of nitrogens with one attached hydrogen (secondary N) is 2. The number of hydrogen-bond acceptors (Lipinski definition) is 9. The molecule has 2 N–H and O–H groups in total. The number of para-hydroxylation sites is 1. The zero-order valence-electron chi connectivity index (χ0n) is 16.1. The van der Waals surface area contributed by atoms with Gasteiger partial charge in [-0.25, -0.2) is 9.48 Å². The van der Waals surface area contributed by atoms with Crippen molar-refractivity contribution in [3.63, 3.8) is 0 Å². The smallest absolute Gasteiger partial charge is 0.340 e. The fourth-order valence-electron chi connectivity index (χ4n) is 2.52. The summed E-state index contributed by atoms with van der Waals surface area (Å²) in [5, 5.41) is 26.4. The lowest BCUT2D eigenvalue weighted by atomic mass is 10.2.